The molecular formula is C42H44NO9P. The zero-order valence-corrected chi connectivity index (χ0v) is 30.9. The van der Waals surface area contributed by atoms with Crippen LogP contribution in [-0.2, 0) is 60.7 Å². The van der Waals surface area contributed by atoms with E-state index in [0.717, 1.165) is 22.3 Å². The summed E-state index contributed by atoms with van der Waals surface area (Å²) in [6, 6.07) is 41.1. The number of esters is 1. The summed E-state index contributed by atoms with van der Waals surface area (Å²) in [6.45, 7) is 5.30. The summed E-state index contributed by atoms with van der Waals surface area (Å²) in [4.78, 5) is 26.3. The van der Waals surface area contributed by atoms with Crippen LogP contribution in [0.2, 0.25) is 0 Å². The molecule has 0 saturated heterocycles. The van der Waals surface area contributed by atoms with Gasteiger partial charge in [0.15, 0.2) is 11.5 Å². The van der Waals surface area contributed by atoms with Crippen molar-refractivity contribution in [2.45, 2.75) is 65.3 Å². The molecule has 0 fully saturated rings. The molecule has 1 atom stereocenters. The number of phosphoric ester groups is 1. The van der Waals surface area contributed by atoms with Crippen molar-refractivity contribution >= 4 is 19.9 Å². The van der Waals surface area contributed by atoms with Gasteiger partial charge in [-0.15, -0.1) is 0 Å². The molecule has 0 radical (unpaired) electrons. The van der Waals surface area contributed by atoms with Crippen LogP contribution in [0.5, 0.6) is 11.5 Å². The van der Waals surface area contributed by atoms with Gasteiger partial charge in [-0.25, -0.2) is 14.2 Å². The summed E-state index contributed by atoms with van der Waals surface area (Å²) in [6.07, 6.45) is -0.756. The first-order chi connectivity index (χ1) is 25.5. The van der Waals surface area contributed by atoms with Crippen molar-refractivity contribution in [2.24, 2.45) is 0 Å². The minimum Gasteiger partial charge on any atom is -0.485 e. The summed E-state index contributed by atoms with van der Waals surface area (Å²) in [5.41, 5.74) is 3.02. The van der Waals surface area contributed by atoms with Gasteiger partial charge in [0.2, 0.25) is 0 Å². The number of benzene rings is 5. The molecule has 0 spiro atoms. The van der Waals surface area contributed by atoms with Crippen LogP contribution in [0.1, 0.15) is 48.6 Å². The van der Waals surface area contributed by atoms with Gasteiger partial charge < -0.3 is 24.1 Å². The van der Waals surface area contributed by atoms with E-state index in [2.05, 4.69) is 5.32 Å². The molecule has 5 aromatic rings. The SMILES string of the molecule is CC(C)(C)OC(=O)N[C@@H](Cc1ccc(OP(=O)(OCc2ccccc2)OCc2ccccc2)c(OCc2ccccc2)c1)C(=O)OCc1ccccc1. The van der Waals surface area contributed by atoms with Gasteiger partial charge in [0.25, 0.3) is 0 Å². The zero-order chi connectivity index (χ0) is 37.5. The average molecular weight is 738 g/mol. The molecule has 276 valence electrons. The molecular weight excluding hydrogens is 693 g/mol. The molecule has 5 aromatic carbocycles. The Hall–Kier alpha value is -5.41. The van der Waals surface area contributed by atoms with Crippen LogP contribution in [0.4, 0.5) is 4.79 Å². The number of carbonyl (C=O) groups excluding carboxylic acids is 2. The van der Waals surface area contributed by atoms with Crippen LogP contribution in [-0.4, -0.2) is 23.7 Å². The fourth-order valence-corrected chi connectivity index (χ4v) is 6.16. The van der Waals surface area contributed by atoms with Crippen LogP contribution >= 0.6 is 7.82 Å². The topological polar surface area (TPSA) is 119 Å². The van der Waals surface area contributed by atoms with E-state index in [1.807, 2.05) is 121 Å². The lowest BCUT2D eigenvalue weighted by Crippen LogP contribution is -2.45. The number of hydrogen-bond donors (Lipinski definition) is 1. The fourth-order valence-electron chi connectivity index (χ4n) is 4.98. The van der Waals surface area contributed by atoms with Crippen molar-refractivity contribution < 1.29 is 41.9 Å². The molecule has 0 aliphatic heterocycles. The van der Waals surface area contributed by atoms with Gasteiger partial charge in [0, 0.05) is 6.42 Å². The van der Waals surface area contributed by atoms with Crippen LogP contribution in [0, 0.1) is 0 Å². The number of ether oxygens (including phenoxy) is 3. The monoisotopic (exact) mass is 737 g/mol. The average Bonchev–Trinajstić information content (AvgIpc) is 3.16. The van der Waals surface area contributed by atoms with Gasteiger partial charge in [0.05, 0.1) is 13.2 Å². The van der Waals surface area contributed by atoms with Gasteiger partial charge in [-0.1, -0.05) is 127 Å². The Labute approximate surface area is 310 Å². The van der Waals surface area contributed by atoms with Gasteiger partial charge in [-0.2, -0.15) is 0 Å². The lowest BCUT2D eigenvalue weighted by Gasteiger charge is -2.24. The van der Waals surface area contributed by atoms with Crippen molar-refractivity contribution in [3.63, 3.8) is 0 Å². The molecule has 5 rings (SSSR count). The molecule has 0 heterocycles. The first kappa shape index (κ1) is 38.8. The second-order valence-electron chi connectivity index (χ2n) is 13.1. The van der Waals surface area contributed by atoms with Crippen molar-refractivity contribution in [1.29, 1.82) is 0 Å². The molecule has 0 unspecified atom stereocenters. The molecule has 53 heavy (non-hydrogen) atoms. The van der Waals surface area contributed by atoms with Crippen molar-refractivity contribution in [2.75, 3.05) is 0 Å². The van der Waals surface area contributed by atoms with Crippen molar-refractivity contribution in [3.8, 4) is 11.5 Å². The molecule has 0 bridgehead atoms. The maximum Gasteiger partial charge on any atom is 0.530 e. The summed E-state index contributed by atoms with van der Waals surface area (Å²) in [7, 11) is -4.26. The molecule has 0 aromatic heterocycles. The second kappa shape index (κ2) is 18.9. The predicted octanol–water partition coefficient (Wildman–Crippen LogP) is 9.37. The number of amides is 1. The number of rotatable bonds is 17. The lowest BCUT2D eigenvalue weighted by molar-refractivity contribution is -0.147. The predicted molar refractivity (Wildman–Crippen MR) is 201 cm³/mol. The van der Waals surface area contributed by atoms with E-state index < -0.39 is 31.5 Å². The minimum atomic E-state index is -4.26. The quantitative estimate of drug-likeness (QED) is 0.0736. The maximum absolute atomic E-state index is 14.3. The standard InChI is InChI=1S/C42H44NO9P/c1-42(2,3)51-41(45)43-37(40(44)48-29-33-18-10-5-11-19-33)26-36-24-25-38(39(27-36)47-28-32-16-8-4-9-17-32)52-53(46,49-30-34-20-12-6-13-21-34)50-31-35-22-14-7-15-23-35/h4-25,27,37H,26,28-31H2,1-3H3,(H,43,45)/t37-/m0/s1. The Morgan fingerprint density at radius 3 is 1.57 bits per heavy atom. The first-order valence-electron chi connectivity index (χ1n) is 17.2. The summed E-state index contributed by atoms with van der Waals surface area (Å²) in [5.74, 6) is -0.343. The van der Waals surface area contributed by atoms with Crippen LogP contribution in [0.3, 0.4) is 0 Å². The minimum absolute atomic E-state index is 0.0154. The Balaban J connectivity index is 1.42. The Kier molecular flexibility index (Phi) is 13.8. The highest BCUT2D eigenvalue weighted by atomic mass is 31.2. The van der Waals surface area contributed by atoms with E-state index in [0.29, 0.717) is 5.56 Å². The highest BCUT2D eigenvalue weighted by Crippen LogP contribution is 2.53. The third kappa shape index (κ3) is 13.3. The van der Waals surface area contributed by atoms with E-state index in [1.54, 1.807) is 39.0 Å². The van der Waals surface area contributed by atoms with Gasteiger partial charge in [-0.3, -0.25) is 9.05 Å². The Bertz CT molecular complexity index is 1890. The van der Waals surface area contributed by atoms with E-state index in [4.69, 9.17) is 27.8 Å². The lowest BCUT2D eigenvalue weighted by atomic mass is 10.1. The van der Waals surface area contributed by atoms with Crippen LogP contribution in [0.25, 0.3) is 0 Å². The van der Waals surface area contributed by atoms with Crippen LogP contribution in [0.15, 0.2) is 140 Å². The molecule has 10 nitrogen and oxygen atoms in total. The molecule has 0 saturated carbocycles. The first-order valence-corrected chi connectivity index (χ1v) is 18.7. The van der Waals surface area contributed by atoms with Crippen molar-refractivity contribution in [1.82, 2.24) is 5.32 Å². The summed E-state index contributed by atoms with van der Waals surface area (Å²) >= 11 is 0. The molecule has 0 aliphatic rings. The number of alkyl carbamates (subject to hydrolysis) is 1. The third-order valence-electron chi connectivity index (χ3n) is 7.56. The van der Waals surface area contributed by atoms with Crippen molar-refractivity contribution in [3.05, 3.63) is 167 Å². The second-order valence-corrected chi connectivity index (χ2v) is 14.7. The number of phosphoric acid groups is 1. The normalized spacial score (nSPS) is 12.0. The smallest absolute Gasteiger partial charge is 0.485 e. The van der Waals surface area contributed by atoms with E-state index >= 15 is 0 Å². The Morgan fingerprint density at radius 1 is 0.604 bits per heavy atom. The van der Waals surface area contributed by atoms with E-state index in [1.165, 1.54) is 0 Å². The van der Waals surface area contributed by atoms with Crippen LogP contribution < -0.4 is 14.6 Å². The molecule has 11 heteroatoms. The number of hydrogen-bond acceptors (Lipinski definition) is 9. The highest BCUT2D eigenvalue weighted by molar-refractivity contribution is 7.48. The van der Waals surface area contributed by atoms with E-state index in [9.17, 15) is 14.2 Å². The number of carbonyl (C=O) groups is 2. The highest BCUT2D eigenvalue weighted by Gasteiger charge is 2.32. The summed E-state index contributed by atoms with van der Waals surface area (Å²) in [5, 5.41) is 2.66. The fraction of sp³-hybridized carbons (Fsp3) is 0.238. The Morgan fingerprint density at radius 2 is 1.08 bits per heavy atom. The van der Waals surface area contributed by atoms with Gasteiger partial charge >= 0.3 is 19.9 Å². The zero-order valence-electron chi connectivity index (χ0n) is 30.0. The summed E-state index contributed by atoms with van der Waals surface area (Å²) < 4.78 is 49.4. The molecule has 1 N–H and O–H groups in total. The maximum atomic E-state index is 14.3. The molecule has 0 aliphatic carbocycles. The third-order valence-corrected chi connectivity index (χ3v) is 8.87. The number of nitrogens with one attached hydrogen (secondary N) is 1. The molecule has 1 amide bonds. The van der Waals surface area contributed by atoms with Gasteiger partial charge in [0.1, 0.15) is 24.9 Å². The largest absolute Gasteiger partial charge is 0.530 e. The van der Waals surface area contributed by atoms with E-state index in [-0.39, 0.29) is 44.3 Å². The van der Waals surface area contributed by atoms with Gasteiger partial charge in [-0.05, 0) is 60.7 Å².